The van der Waals surface area contributed by atoms with Gasteiger partial charge in [0.25, 0.3) is 5.91 Å². The van der Waals surface area contributed by atoms with Crippen LogP contribution in [0.15, 0.2) is 23.0 Å². The van der Waals surface area contributed by atoms with E-state index in [1.165, 1.54) is 18.2 Å². The predicted octanol–water partition coefficient (Wildman–Crippen LogP) is -1.86. The second-order valence-corrected chi connectivity index (χ2v) is 4.24. The van der Waals surface area contributed by atoms with Crippen LogP contribution in [0.2, 0.25) is 0 Å². The van der Waals surface area contributed by atoms with Crippen LogP contribution in [0.25, 0.3) is 11.0 Å². The zero-order valence-corrected chi connectivity index (χ0v) is 10.9. The number of hydrogen-bond acceptors (Lipinski definition) is 5. The number of hydrogen-bond donors (Lipinski definition) is 4. The van der Waals surface area contributed by atoms with Gasteiger partial charge in [-0.1, -0.05) is 0 Å². The van der Waals surface area contributed by atoms with Crippen LogP contribution in [0.1, 0.15) is 15.2 Å². The molecule has 0 unspecified atom stereocenters. The fraction of sp³-hybridized carbons (Fsp3) is 0.167. The van der Waals surface area contributed by atoms with E-state index in [1.54, 1.807) is 0 Å². The SMILES string of the molecule is NCC(=O)n1c(=O)[nH]c2ccc(C(=O)NCC(N)=O)cc21. The summed E-state index contributed by atoms with van der Waals surface area (Å²) in [4.78, 5) is 48.3. The summed E-state index contributed by atoms with van der Waals surface area (Å²) in [6, 6.07) is 4.29. The van der Waals surface area contributed by atoms with Crippen molar-refractivity contribution in [3.63, 3.8) is 0 Å². The summed E-state index contributed by atoms with van der Waals surface area (Å²) in [5.41, 5.74) is 10.4. The minimum atomic E-state index is -0.679. The molecule has 1 aromatic heterocycles. The number of rotatable bonds is 4. The molecule has 2 aromatic rings. The van der Waals surface area contributed by atoms with E-state index < -0.39 is 23.4 Å². The normalized spacial score (nSPS) is 10.5. The van der Waals surface area contributed by atoms with Crippen LogP contribution >= 0.6 is 0 Å². The Morgan fingerprint density at radius 3 is 2.62 bits per heavy atom. The summed E-state index contributed by atoms with van der Waals surface area (Å²) in [6.07, 6.45) is 0. The van der Waals surface area contributed by atoms with Crippen LogP contribution in [-0.4, -0.2) is 40.4 Å². The molecule has 0 aliphatic carbocycles. The lowest BCUT2D eigenvalue weighted by molar-refractivity contribution is -0.117. The van der Waals surface area contributed by atoms with Gasteiger partial charge in [0.15, 0.2) is 0 Å². The Hall–Kier alpha value is -2.94. The molecule has 0 spiro atoms. The molecule has 21 heavy (non-hydrogen) atoms. The van der Waals surface area contributed by atoms with Gasteiger partial charge in [0, 0.05) is 5.56 Å². The summed E-state index contributed by atoms with van der Waals surface area (Å²) in [5, 5.41) is 2.31. The molecular weight excluding hydrogens is 278 g/mol. The zero-order valence-electron chi connectivity index (χ0n) is 10.9. The monoisotopic (exact) mass is 291 g/mol. The third kappa shape index (κ3) is 2.82. The van der Waals surface area contributed by atoms with Crippen molar-refractivity contribution in [3.8, 4) is 0 Å². The Morgan fingerprint density at radius 1 is 1.29 bits per heavy atom. The lowest BCUT2D eigenvalue weighted by Crippen LogP contribution is -2.33. The minimum absolute atomic E-state index is 0.182. The lowest BCUT2D eigenvalue weighted by atomic mass is 10.2. The van der Waals surface area contributed by atoms with Crippen molar-refractivity contribution in [2.24, 2.45) is 11.5 Å². The summed E-state index contributed by atoms with van der Waals surface area (Å²) in [6.45, 7) is -0.649. The van der Waals surface area contributed by atoms with Gasteiger partial charge in [-0.3, -0.25) is 14.4 Å². The smallest absolute Gasteiger partial charge is 0.333 e. The van der Waals surface area contributed by atoms with E-state index in [9.17, 15) is 19.2 Å². The first-order valence-electron chi connectivity index (χ1n) is 5.98. The van der Waals surface area contributed by atoms with Gasteiger partial charge in [-0.25, -0.2) is 9.36 Å². The minimum Gasteiger partial charge on any atom is -0.368 e. The Kier molecular flexibility index (Phi) is 3.85. The van der Waals surface area contributed by atoms with Gasteiger partial charge in [0.2, 0.25) is 11.8 Å². The number of fused-ring (bicyclic) bond motifs is 1. The van der Waals surface area contributed by atoms with E-state index in [-0.39, 0.29) is 24.2 Å². The summed E-state index contributed by atoms with van der Waals surface area (Å²) in [5.74, 6) is -1.82. The number of H-pyrrole nitrogens is 1. The van der Waals surface area contributed by atoms with E-state index in [4.69, 9.17) is 11.5 Å². The van der Waals surface area contributed by atoms with Crippen molar-refractivity contribution in [2.45, 2.75) is 0 Å². The van der Waals surface area contributed by atoms with Crippen LogP contribution in [0.5, 0.6) is 0 Å². The maximum atomic E-state index is 11.8. The van der Waals surface area contributed by atoms with Crippen LogP contribution < -0.4 is 22.5 Å². The van der Waals surface area contributed by atoms with Crippen molar-refractivity contribution in [3.05, 3.63) is 34.2 Å². The standard InChI is InChI=1S/C12H13N5O4/c13-4-10(19)17-8-3-6(11(20)15-5-9(14)18)1-2-7(8)16-12(17)21/h1-3H,4-5,13H2,(H2,14,18)(H,15,20)(H,16,21). The molecule has 0 bridgehead atoms. The first-order chi connectivity index (χ1) is 9.93. The van der Waals surface area contributed by atoms with E-state index in [2.05, 4.69) is 10.3 Å². The van der Waals surface area contributed by atoms with Gasteiger partial charge in [-0.15, -0.1) is 0 Å². The van der Waals surface area contributed by atoms with Gasteiger partial charge in [0.05, 0.1) is 24.1 Å². The highest BCUT2D eigenvalue weighted by Gasteiger charge is 2.15. The largest absolute Gasteiger partial charge is 0.368 e. The molecule has 110 valence electrons. The first kappa shape index (κ1) is 14.5. The molecule has 2 rings (SSSR count). The molecule has 0 aliphatic heterocycles. The molecule has 9 heteroatoms. The summed E-state index contributed by atoms with van der Waals surface area (Å²) < 4.78 is 0.861. The average Bonchev–Trinajstić information content (AvgIpc) is 2.78. The quantitative estimate of drug-likeness (QED) is 0.520. The number of primary amides is 1. The third-order valence-corrected chi connectivity index (χ3v) is 2.79. The molecule has 0 atom stereocenters. The number of amides is 2. The van der Waals surface area contributed by atoms with Crippen molar-refractivity contribution >= 4 is 28.8 Å². The van der Waals surface area contributed by atoms with Gasteiger partial charge in [-0.2, -0.15) is 0 Å². The third-order valence-electron chi connectivity index (χ3n) is 2.79. The number of benzene rings is 1. The maximum Gasteiger partial charge on any atom is 0.333 e. The molecule has 9 nitrogen and oxygen atoms in total. The number of aromatic nitrogens is 2. The summed E-state index contributed by atoms with van der Waals surface area (Å²) >= 11 is 0. The number of nitrogens with zero attached hydrogens (tertiary/aromatic N) is 1. The van der Waals surface area contributed by atoms with Crippen molar-refractivity contribution in [1.29, 1.82) is 0 Å². The first-order valence-corrected chi connectivity index (χ1v) is 5.98. The molecule has 6 N–H and O–H groups in total. The number of carbonyl (C=O) groups excluding carboxylic acids is 3. The molecule has 2 amide bonds. The van der Waals surface area contributed by atoms with Gasteiger partial charge >= 0.3 is 5.69 Å². The fourth-order valence-corrected chi connectivity index (χ4v) is 1.85. The second-order valence-electron chi connectivity index (χ2n) is 4.24. The van der Waals surface area contributed by atoms with E-state index in [0.29, 0.717) is 5.52 Å². The topological polar surface area (TPSA) is 153 Å². The van der Waals surface area contributed by atoms with Crippen LogP contribution in [0.4, 0.5) is 0 Å². The molecule has 0 radical (unpaired) electrons. The van der Waals surface area contributed by atoms with Crippen molar-refractivity contribution in [2.75, 3.05) is 13.1 Å². The second kappa shape index (κ2) is 5.59. The van der Waals surface area contributed by atoms with E-state index >= 15 is 0 Å². The Balaban J connectivity index is 2.45. The number of imidazole rings is 1. The van der Waals surface area contributed by atoms with E-state index in [1.807, 2.05) is 0 Å². The highest BCUT2D eigenvalue weighted by molar-refractivity contribution is 6.00. The molecule has 0 saturated heterocycles. The molecule has 0 aliphatic rings. The van der Waals surface area contributed by atoms with Crippen LogP contribution in [0.3, 0.4) is 0 Å². The molecule has 1 heterocycles. The van der Waals surface area contributed by atoms with Crippen LogP contribution in [0, 0.1) is 0 Å². The van der Waals surface area contributed by atoms with Crippen molar-refractivity contribution < 1.29 is 14.4 Å². The van der Waals surface area contributed by atoms with Crippen molar-refractivity contribution in [1.82, 2.24) is 14.9 Å². The number of nitrogens with two attached hydrogens (primary N) is 2. The van der Waals surface area contributed by atoms with Gasteiger partial charge in [0.1, 0.15) is 0 Å². The van der Waals surface area contributed by atoms with E-state index in [0.717, 1.165) is 4.57 Å². The van der Waals surface area contributed by atoms with Crippen LogP contribution in [-0.2, 0) is 4.79 Å². The number of aromatic amines is 1. The molecule has 1 aromatic carbocycles. The predicted molar refractivity (Wildman–Crippen MR) is 73.8 cm³/mol. The highest BCUT2D eigenvalue weighted by Crippen LogP contribution is 2.13. The average molecular weight is 291 g/mol. The fourth-order valence-electron chi connectivity index (χ4n) is 1.85. The number of carbonyl (C=O) groups is 3. The number of nitrogens with one attached hydrogen (secondary N) is 2. The van der Waals surface area contributed by atoms with Gasteiger partial charge < -0.3 is 21.8 Å². The maximum absolute atomic E-state index is 11.8. The molecule has 0 fully saturated rings. The Labute approximate surface area is 117 Å². The zero-order chi connectivity index (χ0) is 15.6. The summed E-state index contributed by atoms with van der Waals surface area (Å²) in [7, 11) is 0. The molecular formula is C12H13N5O4. The lowest BCUT2D eigenvalue weighted by Gasteiger charge is -2.04. The highest BCUT2D eigenvalue weighted by atomic mass is 16.2. The van der Waals surface area contributed by atoms with Gasteiger partial charge in [-0.05, 0) is 18.2 Å². The Morgan fingerprint density at radius 2 is 2.00 bits per heavy atom. The molecule has 0 saturated carbocycles. The Bertz CT molecular complexity index is 789.